The Bertz CT molecular complexity index is 628. The fourth-order valence-electron chi connectivity index (χ4n) is 2.24. The number of aliphatic imine (C=N–C) groups is 1. The van der Waals surface area contributed by atoms with E-state index in [2.05, 4.69) is 10.3 Å². The molecule has 2 atom stereocenters. The minimum atomic E-state index is -2.89. The van der Waals surface area contributed by atoms with Crippen molar-refractivity contribution in [1.29, 1.82) is 0 Å². The van der Waals surface area contributed by atoms with Gasteiger partial charge in [-0.05, 0) is 12.1 Å². The standard InChI is InChI=1S/C12H14N2O3S2/c1-17-9-4-2-3-8(5-9)13-12-14-10-6-19(15,16)7-11(10)18-12/h2-5,10-11H,6-7H2,1H3,(H,13,14)/t10-,11-/m1/s1. The molecule has 102 valence electrons. The van der Waals surface area contributed by atoms with Gasteiger partial charge >= 0.3 is 0 Å². The maximum absolute atomic E-state index is 11.5. The van der Waals surface area contributed by atoms with E-state index in [1.807, 2.05) is 24.3 Å². The summed E-state index contributed by atoms with van der Waals surface area (Å²) in [4.78, 5) is 4.44. The number of ether oxygens (including phenoxy) is 1. The number of amidine groups is 1. The monoisotopic (exact) mass is 298 g/mol. The zero-order valence-corrected chi connectivity index (χ0v) is 12.0. The lowest BCUT2D eigenvalue weighted by Gasteiger charge is -2.08. The fourth-order valence-corrected chi connectivity index (χ4v) is 5.92. The Hall–Kier alpha value is -1.21. The van der Waals surface area contributed by atoms with Gasteiger partial charge in [0.05, 0.1) is 24.7 Å². The third-order valence-electron chi connectivity index (χ3n) is 3.14. The van der Waals surface area contributed by atoms with Crippen LogP contribution in [0.5, 0.6) is 5.75 Å². The van der Waals surface area contributed by atoms with Gasteiger partial charge in [0.15, 0.2) is 15.0 Å². The van der Waals surface area contributed by atoms with E-state index < -0.39 is 9.84 Å². The van der Waals surface area contributed by atoms with Crippen LogP contribution in [0, 0.1) is 0 Å². The maximum Gasteiger partial charge on any atom is 0.161 e. The Kier molecular flexibility index (Phi) is 3.18. The summed E-state index contributed by atoms with van der Waals surface area (Å²) in [6.07, 6.45) is 0. The van der Waals surface area contributed by atoms with Crippen molar-refractivity contribution in [3.8, 4) is 5.75 Å². The van der Waals surface area contributed by atoms with Crippen LogP contribution in [0.15, 0.2) is 29.3 Å². The normalized spacial score (nSPS) is 27.7. The molecule has 19 heavy (non-hydrogen) atoms. The molecule has 2 heterocycles. The van der Waals surface area contributed by atoms with Crippen LogP contribution in [-0.2, 0) is 9.84 Å². The number of rotatable bonds is 2. The molecule has 0 unspecified atom stereocenters. The number of sulfone groups is 1. The van der Waals surface area contributed by atoms with Crippen LogP contribution in [0.4, 0.5) is 5.69 Å². The lowest BCUT2D eigenvalue weighted by Crippen LogP contribution is -2.13. The second kappa shape index (κ2) is 4.72. The second-order valence-corrected chi connectivity index (χ2v) is 7.97. The number of nitrogens with zero attached hydrogens (tertiary/aromatic N) is 1. The lowest BCUT2D eigenvalue weighted by molar-refractivity contribution is 0.415. The van der Waals surface area contributed by atoms with Crippen LogP contribution < -0.4 is 10.1 Å². The molecular formula is C12H14N2O3S2. The van der Waals surface area contributed by atoms with Crippen LogP contribution in [0.2, 0.25) is 0 Å². The summed E-state index contributed by atoms with van der Waals surface area (Å²) in [6.45, 7) is 0. The van der Waals surface area contributed by atoms with Crippen molar-refractivity contribution in [3.63, 3.8) is 0 Å². The Morgan fingerprint density at radius 2 is 2.26 bits per heavy atom. The molecule has 5 nitrogen and oxygen atoms in total. The number of thioether (sulfide) groups is 1. The first kappa shape index (κ1) is 12.8. The number of hydrogen-bond donors (Lipinski definition) is 1. The van der Waals surface area contributed by atoms with Crippen LogP contribution in [0.3, 0.4) is 0 Å². The highest BCUT2D eigenvalue weighted by Gasteiger charge is 2.42. The Morgan fingerprint density at radius 1 is 1.42 bits per heavy atom. The third-order valence-corrected chi connectivity index (χ3v) is 6.28. The van der Waals surface area contributed by atoms with E-state index in [9.17, 15) is 8.42 Å². The lowest BCUT2D eigenvalue weighted by atomic mass is 10.3. The Balaban J connectivity index is 1.72. The van der Waals surface area contributed by atoms with Crippen molar-refractivity contribution in [2.45, 2.75) is 11.3 Å². The molecule has 2 aliphatic heterocycles. The molecule has 1 N–H and O–H groups in total. The van der Waals surface area contributed by atoms with Crippen LogP contribution in [0.25, 0.3) is 0 Å². The molecule has 1 saturated heterocycles. The predicted molar refractivity (Wildman–Crippen MR) is 77.9 cm³/mol. The first-order valence-electron chi connectivity index (χ1n) is 5.92. The average Bonchev–Trinajstić information content (AvgIpc) is 2.82. The minimum Gasteiger partial charge on any atom is -0.497 e. The Labute approximate surface area is 116 Å². The summed E-state index contributed by atoms with van der Waals surface area (Å²) < 4.78 is 28.1. The molecule has 0 bridgehead atoms. The molecule has 0 amide bonds. The molecule has 0 radical (unpaired) electrons. The molecule has 1 aromatic carbocycles. The smallest absolute Gasteiger partial charge is 0.161 e. The molecular weight excluding hydrogens is 284 g/mol. The molecule has 0 aromatic heterocycles. The number of anilines is 1. The number of hydrogen-bond acceptors (Lipinski definition) is 6. The summed E-state index contributed by atoms with van der Waals surface area (Å²) in [5.74, 6) is 1.18. The SMILES string of the molecule is COc1cccc(NC2=N[C@@H]3CS(=O)(=O)C[C@H]3S2)c1. The van der Waals surface area contributed by atoms with Crippen LogP contribution in [0.1, 0.15) is 0 Å². The molecule has 0 aliphatic carbocycles. The van der Waals surface area contributed by atoms with Crippen molar-refractivity contribution in [2.75, 3.05) is 23.9 Å². The van der Waals surface area contributed by atoms with Crippen LogP contribution in [-0.4, -0.2) is 43.5 Å². The molecule has 2 aliphatic rings. The zero-order chi connectivity index (χ0) is 13.5. The zero-order valence-electron chi connectivity index (χ0n) is 10.4. The largest absolute Gasteiger partial charge is 0.497 e. The molecule has 1 aromatic rings. The quantitative estimate of drug-likeness (QED) is 0.893. The van der Waals surface area contributed by atoms with E-state index in [1.54, 1.807) is 7.11 Å². The van der Waals surface area contributed by atoms with E-state index in [1.165, 1.54) is 11.8 Å². The van der Waals surface area contributed by atoms with Gasteiger partial charge in [0, 0.05) is 17.0 Å². The number of benzene rings is 1. The molecule has 0 spiro atoms. The predicted octanol–water partition coefficient (Wildman–Crippen LogP) is 1.38. The van der Waals surface area contributed by atoms with Crippen molar-refractivity contribution in [2.24, 2.45) is 4.99 Å². The van der Waals surface area contributed by atoms with Gasteiger partial charge in [0.2, 0.25) is 0 Å². The van der Waals surface area contributed by atoms with Crippen molar-refractivity contribution in [1.82, 2.24) is 0 Å². The van der Waals surface area contributed by atoms with Gasteiger partial charge in [-0.2, -0.15) is 0 Å². The number of nitrogens with one attached hydrogen (secondary N) is 1. The van der Waals surface area contributed by atoms with Gasteiger partial charge in [0.25, 0.3) is 0 Å². The molecule has 3 rings (SSSR count). The summed E-state index contributed by atoms with van der Waals surface area (Å²) >= 11 is 1.51. The highest BCUT2D eigenvalue weighted by atomic mass is 32.2. The summed E-state index contributed by atoms with van der Waals surface area (Å²) in [6, 6.07) is 7.48. The fraction of sp³-hybridized carbons (Fsp3) is 0.417. The summed E-state index contributed by atoms with van der Waals surface area (Å²) in [5.41, 5.74) is 0.897. The molecule has 0 saturated carbocycles. The first-order chi connectivity index (χ1) is 9.05. The molecule has 7 heteroatoms. The minimum absolute atomic E-state index is 0.0677. The van der Waals surface area contributed by atoms with E-state index >= 15 is 0 Å². The van der Waals surface area contributed by atoms with Gasteiger partial charge in [0.1, 0.15) is 5.75 Å². The highest BCUT2D eigenvalue weighted by molar-refractivity contribution is 8.15. The first-order valence-corrected chi connectivity index (χ1v) is 8.62. The topological polar surface area (TPSA) is 67.8 Å². The molecule has 1 fully saturated rings. The third kappa shape index (κ3) is 2.71. The van der Waals surface area contributed by atoms with Gasteiger partial charge in [-0.25, -0.2) is 8.42 Å². The second-order valence-electron chi connectivity index (χ2n) is 4.59. The van der Waals surface area contributed by atoms with E-state index in [-0.39, 0.29) is 22.8 Å². The van der Waals surface area contributed by atoms with E-state index in [0.717, 1.165) is 16.6 Å². The highest BCUT2D eigenvalue weighted by Crippen LogP contribution is 2.34. The van der Waals surface area contributed by atoms with Crippen LogP contribution >= 0.6 is 11.8 Å². The van der Waals surface area contributed by atoms with Gasteiger partial charge in [-0.3, -0.25) is 4.99 Å². The van der Waals surface area contributed by atoms with Crippen molar-refractivity contribution in [3.05, 3.63) is 24.3 Å². The Morgan fingerprint density at radius 3 is 3.00 bits per heavy atom. The summed E-state index contributed by atoms with van der Waals surface area (Å²) in [7, 11) is -1.27. The van der Waals surface area contributed by atoms with Gasteiger partial charge in [-0.15, -0.1) is 0 Å². The number of fused-ring (bicyclic) bond motifs is 1. The van der Waals surface area contributed by atoms with Gasteiger partial charge in [-0.1, -0.05) is 17.8 Å². The summed E-state index contributed by atoms with van der Waals surface area (Å²) in [5, 5.41) is 4.07. The van der Waals surface area contributed by atoms with E-state index in [4.69, 9.17) is 4.74 Å². The van der Waals surface area contributed by atoms with Gasteiger partial charge < -0.3 is 10.1 Å². The van der Waals surface area contributed by atoms with Crippen molar-refractivity contribution >= 4 is 32.5 Å². The van der Waals surface area contributed by atoms with E-state index in [0.29, 0.717) is 0 Å². The average molecular weight is 298 g/mol. The number of methoxy groups -OCH3 is 1. The van der Waals surface area contributed by atoms with Crippen molar-refractivity contribution < 1.29 is 13.2 Å². The maximum atomic E-state index is 11.5.